The highest BCUT2D eigenvalue weighted by molar-refractivity contribution is 6.32. The van der Waals surface area contributed by atoms with E-state index >= 15 is 0 Å². The van der Waals surface area contributed by atoms with E-state index in [0.717, 1.165) is 19.4 Å². The molecule has 0 rings (SSSR count). The van der Waals surface area contributed by atoms with Crippen LogP contribution in [0.25, 0.3) is 0 Å². The van der Waals surface area contributed by atoms with Gasteiger partial charge >= 0.3 is 11.9 Å². The number of rotatable bonds is 40. The number of carboxylic acids is 1. The maximum absolute atomic E-state index is 11.4. The summed E-state index contributed by atoms with van der Waals surface area (Å²) in [5.41, 5.74) is 0. The molecule has 16 heteroatoms. The van der Waals surface area contributed by atoms with Gasteiger partial charge in [-0.3, -0.25) is 9.59 Å². The Bertz CT molecular complexity index is 696. The summed E-state index contributed by atoms with van der Waals surface area (Å²) in [6, 6.07) is 0. The summed E-state index contributed by atoms with van der Waals surface area (Å²) in [6.07, 6.45) is 1.56. The number of Topliss-reactive ketones (excluding diaryl/α,β-unsaturated/α-hetero) is 1. The first-order chi connectivity index (χ1) is 23.1. The van der Waals surface area contributed by atoms with Crippen molar-refractivity contribution in [1.82, 2.24) is 0 Å². The first kappa shape index (κ1) is 45.2. The third-order valence-electron chi connectivity index (χ3n) is 5.65. The molecule has 0 bridgehead atoms. The van der Waals surface area contributed by atoms with E-state index in [1.54, 1.807) is 0 Å². The summed E-state index contributed by atoms with van der Waals surface area (Å²) in [4.78, 5) is 32.6. The van der Waals surface area contributed by atoms with Gasteiger partial charge in [-0.2, -0.15) is 0 Å². The third-order valence-corrected chi connectivity index (χ3v) is 5.65. The first-order valence-corrected chi connectivity index (χ1v) is 16.3. The van der Waals surface area contributed by atoms with Crippen molar-refractivity contribution in [3.63, 3.8) is 0 Å². The molecule has 0 aliphatic carbocycles. The van der Waals surface area contributed by atoms with Crippen LogP contribution in [0.1, 0.15) is 32.6 Å². The Morgan fingerprint density at radius 2 is 0.638 bits per heavy atom. The van der Waals surface area contributed by atoms with Crippen LogP contribution in [0.3, 0.4) is 0 Å². The lowest BCUT2D eigenvalue weighted by Gasteiger charge is -2.09. The largest absolute Gasteiger partial charge is 0.476 e. The quantitative estimate of drug-likeness (QED) is 0.0546. The fourth-order valence-electron chi connectivity index (χ4n) is 3.16. The van der Waals surface area contributed by atoms with Gasteiger partial charge in [0.25, 0.3) is 0 Å². The summed E-state index contributed by atoms with van der Waals surface area (Å²) >= 11 is 0. The van der Waals surface area contributed by atoms with Crippen molar-refractivity contribution in [2.45, 2.75) is 32.6 Å². The minimum atomic E-state index is -1.56. The molecule has 0 spiro atoms. The number of carbonyl (C=O) groups excluding carboxylic acids is 2. The van der Waals surface area contributed by atoms with Crippen LogP contribution in [0.15, 0.2) is 0 Å². The zero-order valence-electron chi connectivity index (χ0n) is 28.2. The molecule has 0 saturated heterocycles. The zero-order chi connectivity index (χ0) is 34.3. The molecule has 0 aromatic carbocycles. The van der Waals surface area contributed by atoms with E-state index in [4.69, 9.17) is 61.9 Å². The lowest BCUT2D eigenvalue weighted by molar-refractivity contribution is -0.151. The van der Waals surface area contributed by atoms with E-state index < -0.39 is 17.7 Å². The molecule has 0 aromatic heterocycles. The highest BCUT2D eigenvalue weighted by Gasteiger charge is 2.14. The van der Waals surface area contributed by atoms with Crippen LogP contribution in [0.2, 0.25) is 0 Å². The van der Waals surface area contributed by atoms with Crippen molar-refractivity contribution >= 4 is 17.7 Å². The smallest absolute Gasteiger partial charge is 0.372 e. The van der Waals surface area contributed by atoms with Gasteiger partial charge in [-0.1, -0.05) is 13.3 Å². The predicted molar refractivity (Wildman–Crippen MR) is 167 cm³/mol. The van der Waals surface area contributed by atoms with Gasteiger partial charge in [-0.05, 0) is 6.42 Å². The molecule has 0 atom stereocenters. The van der Waals surface area contributed by atoms with Crippen LogP contribution in [0.5, 0.6) is 0 Å². The van der Waals surface area contributed by atoms with E-state index in [2.05, 4.69) is 6.92 Å². The number of unbranched alkanes of at least 4 members (excludes halogenated alkanes) is 1. The molecule has 47 heavy (non-hydrogen) atoms. The summed E-state index contributed by atoms with van der Waals surface area (Å²) in [5.74, 6) is -3.24. The number of esters is 1. The highest BCUT2D eigenvalue weighted by atomic mass is 16.6. The highest BCUT2D eigenvalue weighted by Crippen LogP contribution is 1.95. The summed E-state index contributed by atoms with van der Waals surface area (Å²) in [6.45, 7) is 12.7. The summed E-state index contributed by atoms with van der Waals surface area (Å²) < 4.78 is 64.4. The molecule has 0 radical (unpaired) electrons. The van der Waals surface area contributed by atoms with Crippen molar-refractivity contribution in [1.29, 1.82) is 0 Å². The van der Waals surface area contributed by atoms with Crippen LogP contribution in [0, 0.1) is 0 Å². The Kier molecular flexibility index (Phi) is 37.1. The lowest BCUT2D eigenvalue weighted by atomic mass is 10.2. The lowest BCUT2D eigenvalue weighted by Crippen LogP contribution is -2.17. The average molecular weight is 687 g/mol. The SMILES string of the molecule is CCCCOCCOCCOCCOCCOCCOCCOCCOCCOCCOCCOCCOC(=O)CCC(=O)C(=O)O. The maximum Gasteiger partial charge on any atom is 0.372 e. The predicted octanol–water partition coefficient (Wildman–Crippen LogP) is 0.946. The standard InChI is InChI=1S/C31H58O16/c1-2-3-6-36-7-8-37-9-10-38-11-12-39-13-14-40-15-16-41-17-18-42-19-20-43-21-22-44-23-24-45-25-26-46-27-28-47-30(33)5-4-29(32)31(34)35/h2-28H2,1H3,(H,34,35). The normalized spacial score (nSPS) is 11.3. The molecule has 0 aliphatic heterocycles. The minimum Gasteiger partial charge on any atom is -0.476 e. The second-order valence-electron chi connectivity index (χ2n) is 9.54. The van der Waals surface area contributed by atoms with Crippen LogP contribution in [0.4, 0.5) is 0 Å². The molecule has 0 saturated carbocycles. The maximum atomic E-state index is 11.4. The second-order valence-corrected chi connectivity index (χ2v) is 9.54. The number of ether oxygens (including phenoxy) is 12. The molecule has 0 amide bonds. The summed E-state index contributed by atoms with van der Waals surface area (Å²) in [5, 5.41) is 8.44. The fraction of sp³-hybridized carbons (Fsp3) is 0.903. The van der Waals surface area contributed by atoms with Crippen molar-refractivity contribution in [2.24, 2.45) is 0 Å². The molecule has 0 unspecified atom stereocenters. The van der Waals surface area contributed by atoms with Crippen molar-refractivity contribution in [3.05, 3.63) is 0 Å². The van der Waals surface area contributed by atoms with Crippen molar-refractivity contribution in [3.8, 4) is 0 Å². The van der Waals surface area contributed by atoms with Crippen LogP contribution in [-0.4, -0.2) is 175 Å². The topological polar surface area (TPSA) is 182 Å². The molecule has 0 aromatic rings. The van der Waals surface area contributed by atoms with Gasteiger partial charge in [0.15, 0.2) is 0 Å². The Hall–Kier alpha value is -1.83. The zero-order valence-corrected chi connectivity index (χ0v) is 28.2. The molecule has 278 valence electrons. The molecular weight excluding hydrogens is 628 g/mol. The summed E-state index contributed by atoms with van der Waals surface area (Å²) in [7, 11) is 0. The third kappa shape index (κ3) is 38.5. The monoisotopic (exact) mass is 686 g/mol. The van der Waals surface area contributed by atoms with Crippen LogP contribution >= 0.6 is 0 Å². The number of carbonyl (C=O) groups is 3. The number of carboxylic acid groups (broad SMARTS) is 1. The Morgan fingerprint density at radius 1 is 0.383 bits per heavy atom. The van der Waals surface area contributed by atoms with E-state index in [0.29, 0.717) is 132 Å². The number of aliphatic carboxylic acids is 1. The van der Waals surface area contributed by atoms with Crippen molar-refractivity contribution < 1.29 is 76.3 Å². The first-order valence-electron chi connectivity index (χ1n) is 16.3. The van der Waals surface area contributed by atoms with Gasteiger partial charge in [0, 0.05) is 13.0 Å². The van der Waals surface area contributed by atoms with E-state index in [1.165, 1.54) is 0 Å². The van der Waals surface area contributed by atoms with E-state index in [-0.39, 0.29) is 26.1 Å². The number of hydrogen-bond acceptors (Lipinski definition) is 15. The van der Waals surface area contributed by atoms with Gasteiger partial charge in [-0.15, -0.1) is 0 Å². The van der Waals surface area contributed by atoms with Crippen LogP contribution < -0.4 is 0 Å². The minimum absolute atomic E-state index is 0.0146. The second kappa shape index (κ2) is 38.6. The Morgan fingerprint density at radius 3 is 0.894 bits per heavy atom. The molecule has 0 aliphatic rings. The van der Waals surface area contributed by atoms with E-state index in [9.17, 15) is 14.4 Å². The molecule has 0 fully saturated rings. The van der Waals surface area contributed by atoms with Gasteiger partial charge in [0.2, 0.25) is 5.78 Å². The van der Waals surface area contributed by atoms with Crippen molar-refractivity contribution in [2.75, 3.05) is 152 Å². The van der Waals surface area contributed by atoms with Gasteiger partial charge in [0.1, 0.15) is 6.61 Å². The van der Waals surface area contributed by atoms with E-state index in [1.807, 2.05) is 0 Å². The molecule has 1 N–H and O–H groups in total. The fourth-order valence-corrected chi connectivity index (χ4v) is 3.16. The van der Waals surface area contributed by atoms with Gasteiger partial charge in [-0.25, -0.2) is 4.79 Å². The Labute approximate surface area is 278 Å². The molecule has 0 heterocycles. The molecular formula is C31H58O16. The number of hydrogen-bond donors (Lipinski definition) is 1. The molecule has 16 nitrogen and oxygen atoms in total. The number of ketones is 1. The Balaban J connectivity index is 3.11. The van der Waals surface area contributed by atoms with Crippen LogP contribution in [-0.2, 0) is 71.2 Å². The average Bonchev–Trinajstić information content (AvgIpc) is 3.06. The van der Waals surface area contributed by atoms with Gasteiger partial charge < -0.3 is 61.9 Å². The van der Waals surface area contributed by atoms with Gasteiger partial charge in [0.05, 0.1) is 145 Å².